The van der Waals surface area contributed by atoms with Crippen molar-refractivity contribution in [1.29, 1.82) is 0 Å². The molecule has 3 rings (SSSR count). The van der Waals surface area contributed by atoms with Crippen LogP contribution in [-0.2, 0) is 0 Å². The summed E-state index contributed by atoms with van der Waals surface area (Å²) in [5.41, 5.74) is 0.932. The lowest BCUT2D eigenvalue weighted by molar-refractivity contribution is 0.0697. The molecule has 0 saturated heterocycles. The van der Waals surface area contributed by atoms with Gasteiger partial charge in [-0.05, 0) is 38.1 Å². The SMILES string of the molecule is Cc1nc(Nc2cccc(C(=O)O)c2)c2cc(C)sc2n1. The molecule has 6 heteroatoms. The highest BCUT2D eigenvalue weighted by Crippen LogP contribution is 2.30. The van der Waals surface area contributed by atoms with Crippen molar-refractivity contribution in [3.05, 3.63) is 46.6 Å². The van der Waals surface area contributed by atoms with Gasteiger partial charge < -0.3 is 10.4 Å². The van der Waals surface area contributed by atoms with Crippen molar-refractivity contribution in [1.82, 2.24) is 9.97 Å². The largest absolute Gasteiger partial charge is 0.478 e. The van der Waals surface area contributed by atoms with Gasteiger partial charge in [0, 0.05) is 10.6 Å². The van der Waals surface area contributed by atoms with Gasteiger partial charge in [-0.25, -0.2) is 14.8 Å². The molecule has 0 aliphatic carbocycles. The van der Waals surface area contributed by atoms with Crippen LogP contribution in [0.3, 0.4) is 0 Å². The van der Waals surface area contributed by atoms with Crippen LogP contribution in [0.1, 0.15) is 21.1 Å². The molecule has 0 aliphatic rings. The van der Waals surface area contributed by atoms with Gasteiger partial charge >= 0.3 is 5.97 Å². The van der Waals surface area contributed by atoms with Crippen LogP contribution in [0.15, 0.2) is 30.3 Å². The lowest BCUT2D eigenvalue weighted by Crippen LogP contribution is -2.00. The van der Waals surface area contributed by atoms with Crippen molar-refractivity contribution in [2.24, 2.45) is 0 Å². The topological polar surface area (TPSA) is 75.1 Å². The maximum Gasteiger partial charge on any atom is 0.335 e. The number of thiophene rings is 1. The van der Waals surface area contributed by atoms with Crippen LogP contribution in [0.25, 0.3) is 10.2 Å². The van der Waals surface area contributed by atoms with Crippen molar-refractivity contribution in [2.75, 3.05) is 5.32 Å². The first kappa shape index (κ1) is 13.5. The molecule has 2 N–H and O–H groups in total. The monoisotopic (exact) mass is 299 g/mol. The summed E-state index contributed by atoms with van der Waals surface area (Å²) in [5, 5.41) is 13.2. The van der Waals surface area contributed by atoms with Crippen molar-refractivity contribution >= 4 is 39.0 Å². The first-order valence-corrected chi connectivity index (χ1v) is 7.20. The van der Waals surface area contributed by atoms with E-state index >= 15 is 0 Å². The summed E-state index contributed by atoms with van der Waals surface area (Å²) in [6, 6.07) is 8.70. The zero-order valence-electron chi connectivity index (χ0n) is 11.5. The molecular formula is C15H13N3O2S. The molecule has 106 valence electrons. The Hall–Kier alpha value is -2.47. The van der Waals surface area contributed by atoms with E-state index in [0.29, 0.717) is 17.3 Å². The second-order valence-electron chi connectivity index (χ2n) is 4.71. The lowest BCUT2D eigenvalue weighted by atomic mass is 10.2. The summed E-state index contributed by atoms with van der Waals surface area (Å²) in [6.07, 6.45) is 0. The molecule has 0 spiro atoms. The highest BCUT2D eigenvalue weighted by Gasteiger charge is 2.10. The number of fused-ring (bicyclic) bond motifs is 1. The van der Waals surface area contributed by atoms with E-state index in [-0.39, 0.29) is 5.56 Å². The van der Waals surface area contributed by atoms with Gasteiger partial charge in [0.2, 0.25) is 0 Å². The van der Waals surface area contributed by atoms with Gasteiger partial charge in [0.25, 0.3) is 0 Å². The maximum absolute atomic E-state index is 11.0. The average molecular weight is 299 g/mol. The summed E-state index contributed by atoms with van der Waals surface area (Å²) in [4.78, 5) is 22.0. The van der Waals surface area contributed by atoms with E-state index in [0.717, 1.165) is 15.1 Å². The standard InChI is InChI=1S/C15H13N3O2S/c1-8-6-12-13(16-9(2)17-14(12)21-8)18-11-5-3-4-10(7-11)15(19)20/h3-7H,1-2H3,(H,19,20)(H,16,17,18). The van der Waals surface area contributed by atoms with E-state index in [4.69, 9.17) is 5.11 Å². The Labute approximate surface area is 125 Å². The third kappa shape index (κ3) is 2.71. The number of aromatic nitrogens is 2. The molecule has 21 heavy (non-hydrogen) atoms. The molecule has 0 amide bonds. The molecule has 5 nitrogen and oxygen atoms in total. The third-order valence-electron chi connectivity index (χ3n) is 3.00. The molecule has 1 aromatic carbocycles. The fourth-order valence-corrected chi connectivity index (χ4v) is 3.04. The van der Waals surface area contributed by atoms with Crippen molar-refractivity contribution in [3.63, 3.8) is 0 Å². The highest BCUT2D eigenvalue weighted by atomic mass is 32.1. The van der Waals surface area contributed by atoms with E-state index in [1.54, 1.807) is 29.5 Å². The Bertz CT molecular complexity index is 842. The van der Waals surface area contributed by atoms with E-state index in [9.17, 15) is 4.79 Å². The summed E-state index contributed by atoms with van der Waals surface area (Å²) >= 11 is 1.61. The number of anilines is 2. The number of carboxylic acid groups (broad SMARTS) is 1. The quantitative estimate of drug-likeness (QED) is 0.770. The zero-order chi connectivity index (χ0) is 15.0. The van der Waals surface area contributed by atoms with Crippen LogP contribution in [-0.4, -0.2) is 21.0 Å². The van der Waals surface area contributed by atoms with Gasteiger partial charge in [-0.15, -0.1) is 11.3 Å². The third-order valence-corrected chi connectivity index (χ3v) is 3.94. The summed E-state index contributed by atoms with van der Waals surface area (Å²) in [5.74, 6) is 0.430. The number of rotatable bonds is 3. The van der Waals surface area contributed by atoms with E-state index in [2.05, 4.69) is 15.3 Å². The van der Waals surface area contributed by atoms with Crippen LogP contribution in [0.5, 0.6) is 0 Å². The molecule has 0 saturated carbocycles. The molecule has 0 fully saturated rings. The predicted molar refractivity (Wildman–Crippen MR) is 83.6 cm³/mol. The summed E-state index contributed by atoms with van der Waals surface area (Å²) < 4.78 is 0. The van der Waals surface area contributed by atoms with Gasteiger partial charge in [0.15, 0.2) is 0 Å². The Morgan fingerprint density at radius 1 is 1.24 bits per heavy atom. The number of aryl methyl sites for hydroxylation is 2. The molecule has 2 aromatic heterocycles. The van der Waals surface area contributed by atoms with Crippen LogP contribution >= 0.6 is 11.3 Å². The predicted octanol–water partition coefficient (Wildman–Crippen LogP) is 3.75. The second-order valence-corrected chi connectivity index (χ2v) is 5.94. The number of aromatic carboxylic acids is 1. The minimum Gasteiger partial charge on any atom is -0.478 e. The number of carboxylic acids is 1. The average Bonchev–Trinajstić information content (AvgIpc) is 2.79. The Morgan fingerprint density at radius 2 is 2.05 bits per heavy atom. The fraction of sp³-hybridized carbons (Fsp3) is 0.133. The molecular weight excluding hydrogens is 286 g/mol. The molecule has 0 bridgehead atoms. The molecule has 3 aromatic rings. The van der Waals surface area contributed by atoms with Crippen molar-refractivity contribution in [2.45, 2.75) is 13.8 Å². The van der Waals surface area contributed by atoms with Crippen LogP contribution in [0.2, 0.25) is 0 Å². The van der Waals surface area contributed by atoms with Gasteiger partial charge in [-0.1, -0.05) is 6.07 Å². The Morgan fingerprint density at radius 3 is 2.81 bits per heavy atom. The number of benzene rings is 1. The number of nitrogens with one attached hydrogen (secondary N) is 1. The summed E-state index contributed by atoms with van der Waals surface area (Å²) in [7, 11) is 0. The van der Waals surface area contributed by atoms with E-state index in [1.807, 2.05) is 26.0 Å². The first-order valence-electron chi connectivity index (χ1n) is 6.38. The maximum atomic E-state index is 11.0. The zero-order valence-corrected chi connectivity index (χ0v) is 12.4. The Balaban J connectivity index is 2.05. The van der Waals surface area contributed by atoms with Crippen LogP contribution in [0, 0.1) is 13.8 Å². The number of hydrogen-bond acceptors (Lipinski definition) is 5. The summed E-state index contributed by atoms with van der Waals surface area (Å²) in [6.45, 7) is 3.86. The van der Waals surface area contributed by atoms with E-state index in [1.165, 1.54) is 0 Å². The molecule has 0 atom stereocenters. The number of carbonyl (C=O) groups is 1. The molecule has 2 heterocycles. The second kappa shape index (κ2) is 5.14. The van der Waals surface area contributed by atoms with Crippen molar-refractivity contribution in [3.8, 4) is 0 Å². The first-order chi connectivity index (χ1) is 10.0. The fourth-order valence-electron chi connectivity index (χ4n) is 2.11. The highest BCUT2D eigenvalue weighted by molar-refractivity contribution is 7.18. The van der Waals surface area contributed by atoms with Gasteiger partial charge in [-0.2, -0.15) is 0 Å². The number of nitrogens with zero attached hydrogens (tertiary/aromatic N) is 2. The number of hydrogen-bond donors (Lipinski definition) is 2. The minimum absolute atomic E-state index is 0.239. The van der Waals surface area contributed by atoms with E-state index < -0.39 is 5.97 Å². The van der Waals surface area contributed by atoms with Gasteiger partial charge in [0.1, 0.15) is 16.5 Å². The molecule has 0 unspecified atom stereocenters. The smallest absolute Gasteiger partial charge is 0.335 e. The van der Waals surface area contributed by atoms with Gasteiger partial charge in [-0.3, -0.25) is 0 Å². The Kier molecular flexibility index (Phi) is 3.31. The normalized spacial score (nSPS) is 10.8. The molecule has 0 radical (unpaired) electrons. The van der Waals surface area contributed by atoms with Gasteiger partial charge in [0.05, 0.1) is 10.9 Å². The van der Waals surface area contributed by atoms with Crippen LogP contribution in [0.4, 0.5) is 11.5 Å². The minimum atomic E-state index is -0.950. The molecule has 0 aliphatic heterocycles. The van der Waals surface area contributed by atoms with Crippen molar-refractivity contribution < 1.29 is 9.90 Å². The lowest BCUT2D eigenvalue weighted by Gasteiger charge is -2.08. The van der Waals surface area contributed by atoms with Crippen LogP contribution < -0.4 is 5.32 Å².